The van der Waals surface area contributed by atoms with E-state index in [1.54, 1.807) is 0 Å². The van der Waals surface area contributed by atoms with Crippen LogP contribution < -0.4 is 0 Å². The molecule has 1 aliphatic rings. The molecule has 0 atom stereocenters. The van der Waals surface area contributed by atoms with Gasteiger partial charge < -0.3 is 0 Å². The van der Waals surface area contributed by atoms with Crippen molar-refractivity contribution >= 4 is 5.78 Å². The van der Waals surface area contributed by atoms with Crippen molar-refractivity contribution in [3.05, 3.63) is 23.8 Å². The third kappa shape index (κ3) is 2.34. The molecule has 1 heteroatoms. The minimum Gasteiger partial charge on any atom is -0.294 e. The molecule has 0 N–H and O–H groups in total. The molecule has 0 fully saturated rings. The average molecular weight is 150 g/mol. The van der Waals surface area contributed by atoms with Crippen molar-refractivity contribution in [3.8, 4) is 0 Å². The number of rotatable bonds is 3. The van der Waals surface area contributed by atoms with E-state index in [0.717, 1.165) is 24.8 Å². The van der Waals surface area contributed by atoms with Crippen LogP contribution in [0.15, 0.2) is 23.8 Å². The standard InChI is InChI=1S/C10H14O/c1-2-3-6-9-7-4-5-8-10(9)11/h4-5,7H,2-3,6,8H2,1H3. The van der Waals surface area contributed by atoms with Gasteiger partial charge in [0.1, 0.15) is 0 Å². The Kier molecular flexibility index (Phi) is 3.09. The predicted octanol–water partition coefficient (Wildman–Crippen LogP) is 2.63. The first-order valence-electron chi connectivity index (χ1n) is 4.23. The van der Waals surface area contributed by atoms with Gasteiger partial charge in [-0.3, -0.25) is 4.79 Å². The highest BCUT2D eigenvalue weighted by Crippen LogP contribution is 2.14. The lowest BCUT2D eigenvalue weighted by Crippen LogP contribution is -2.03. The molecule has 0 aromatic rings. The summed E-state index contributed by atoms with van der Waals surface area (Å²) in [7, 11) is 0. The molecule has 0 radical (unpaired) electrons. The van der Waals surface area contributed by atoms with Gasteiger partial charge in [0.2, 0.25) is 0 Å². The molecule has 0 aliphatic heterocycles. The maximum Gasteiger partial charge on any atom is 0.162 e. The van der Waals surface area contributed by atoms with E-state index in [1.807, 2.05) is 18.2 Å². The van der Waals surface area contributed by atoms with Crippen molar-refractivity contribution in [1.82, 2.24) is 0 Å². The Labute approximate surface area is 67.8 Å². The van der Waals surface area contributed by atoms with Gasteiger partial charge >= 0.3 is 0 Å². The lowest BCUT2D eigenvalue weighted by atomic mass is 9.99. The third-order valence-corrected chi connectivity index (χ3v) is 1.89. The van der Waals surface area contributed by atoms with E-state index in [1.165, 1.54) is 0 Å². The number of ketones is 1. The molecule has 1 aliphatic carbocycles. The van der Waals surface area contributed by atoms with Crippen LogP contribution >= 0.6 is 0 Å². The van der Waals surface area contributed by atoms with E-state index in [0.29, 0.717) is 12.2 Å². The van der Waals surface area contributed by atoms with Crippen LogP contribution in [0.1, 0.15) is 32.6 Å². The lowest BCUT2D eigenvalue weighted by molar-refractivity contribution is -0.115. The van der Waals surface area contributed by atoms with Crippen LogP contribution in [0, 0.1) is 0 Å². The van der Waals surface area contributed by atoms with E-state index >= 15 is 0 Å². The Morgan fingerprint density at radius 3 is 3.00 bits per heavy atom. The van der Waals surface area contributed by atoms with Crippen molar-refractivity contribution < 1.29 is 4.79 Å². The van der Waals surface area contributed by atoms with Crippen LogP contribution in [0.4, 0.5) is 0 Å². The quantitative estimate of drug-likeness (QED) is 0.604. The van der Waals surface area contributed by atoms with Gasteiger partial charge in [0.05, 0.1) is 0 Å². The fourth-order valence-corrected chi connectivity index (χ4v) is 1.17. The number of hydrogen-bond donors (Lipinski definition) is 0. The van der Waals surface area contributed by atoms with Gasteiger partial charge in [-0.1, -0.05) is 31.6 Å². The second kappa shape index (κ2) is 4.12. The highest BCUT2D eigenvalue weighted by molar-refractivity contribution is 5.97. The molecule has 0 aromatic carbocycles. The first kappa shape index (κ1) is 8.25. The van der Waals surface area contributed by atoms with Crippen LogP contribution in [0.3, 0.4) is 0 Å². The molecule has 60 valence electrons. The summed E-state index contributed by atoms with van der Waals surface area (Å²) in [5, 5.41) is 0. The third-order valence-electron chi connectivity index (χ3n) is 1.89. The van der Waals surface area contributed by atoms with Gasteiger partial charge in [0.25, 0.3) is 0 Å². The van der Waals surface area contributed by atoms with Gasteiger partial charge in [-0.15, -0.1) is 0 Å². The molecule has 0 saturated heterocycles. The summed E-state index contributed by atoms with van der Waals surface area (Å²) in [5.41, 5.74) is 1.01. The molecular formula is C10H14O. The summed E-state index contributed by atoms with van der Waals surface area (Å²) in [5.74, 6) is 0.306. The Hall–Kier alpha value is -0.850. The van der Waals surface area contributed by atoms with Crippen molar-refractivity contribution in [1.29, 1.82) is 0 Å². The van der Waals surface area contributed by atoms with Crippen molar-refractivity contribution in [2.24, 2.45) is 0 Å². The van der Waals surface area contributed by atoms with E-state index < -0.39 is 0 Å². The SMILES string of the molecule is CCCCC1=CC=CCC1=O. The smallest absolute Gasteiger partial charge is 0.162 e. The maximum atomic E-state index is 11.2. The summed E-state index contributed by atoms with van der Waals surface area (Å²) in [4.78, 5) is 11.2. The van der Waals surface area contributed by atoms with E-state index in [4.69, 9.17) is 0 Å². The Morgan fingerprint density at radius 2 is 2.36 bits per heavy atom. The van der Waals surface area contributed by atoms with E-state index in [2.05, 4.69) is 6.92 Å². The van der Waals surface area contributed by atoms with Gasteiger partial charge in [-0.05, 0) is 18.4 Å². The molecule has 0 amide bonds. The monoisotopic (exact) mass is 150 g/mol. The molecule has 0 aromatic heterocycles. The van der Waals surface area contributed by atoms with Crippen molar-refractivity contribution in [2.75, 3.05) is 0 Å². The minimum atomic E-state index is 0.306. The average Bonchev–Trinajstić information content (AvgIpc) is 2.03. The van der Waals surface area contributed by atoms with Crippen molar-refractivity contribution in [3.63, 3.8) is 0 Å². The van der Waals surface area contributed by atoms with Crippen molar-refractivity contribution in [2.45, 2.75) is 32.6 Å². The largest absolute Gasteiger partial charge is 0.294 e. The maximum absolute atomic E-state index is 11.2. The number of unbranched alkanes of at least 4 members (excludes halogenated alkanes) is 1. The molecule has 0 saturated carbocycles. The lowest BCUT2D eigenvalue weighted by Gasteiger charge is -2.05. The highest BCUT2D eigenvalue weighted by Gasteiger charge is 2.08. The van der Waals surface area contributed by atoms with Crippen LogP contribution in [0.2, 0.25) is 0 Å². The zero-order chi connectivity index (χ0) is 8.10. The van der Waals surface area contributed by atoms with Gasteiger partial charge in [-0.25, -0.2) is 0 Å². The first-order valence-corrected chi connectivity index (χ1v) is 4.23. The predicted molar refractivity (Wildman–Crippen MR) is 46.4 cm³/mol. The number of carbonyl (C=O) groups excluding carboxylic acids is 1. The van der Waals surface area contributed by atoms with E-state index in [9.17, 15) is 4.79 Å². The Bertz CT molecular complexity index is 199. The second-order valence-corrected chi connectivity index (χ2v) is 2.85. The Balaban J connectivity index is 2.47. The minimum absolute atomic E-state index is 0.306. The zero-order valence-corrected chi connectivity index (χ0v) is 6.97. The molecular weight excluding hydrogens is 136 g/mol. The topological polar surface area (TPSA) is 17.1 Å². The zero-order valence-electron chi connectivity index (χ0n) is 6.97. The van der Waals surface area contributed by atoms with Gasteiger partial charge in [0, 0.05) is 6.42 Å². The molecule has 1 rings (SSSR count). The fraction of sp³-hybridized carbons (Fsp3) is 0.500. The normalized spacial score (nSPS) is 16.8. The summed E-state index contributed by atoms with van der Waals surface area (Å²) in [6, 6.07) is 0. The van der Waals surface area contributed by atoms with Gasteiger partial charge in [-0.2, -0.15) is 0 Å². The van der Waals surface area contributed by atoms with Crippen LogP contribution in [0.25, 0.3) is 0 Å². The van der Waals surface area contributed by atoms with Crippen LogP contribution in [-0.4, -0.2) is 5.78 Å². The fourth-order valence-electron chi connectivity index (χ4n) is 1.17. The molecule has 0 heterocycles. The van der Waals surface area contributed by atoms with Crippen LogP contribution in [0.5, 0.6) is 0 Å². The molecule has 0 spiro atoms. The molecule has 0 bridgehead atoms. The molecule has 0 unspecified atom stereocenters. The van der Waals surface area contributed by atoms with Crippen LogP contribution in [-0.2, 0) is 4.79 Å². The van der Waals surface area contributed by atoms with Gasteiger partial charge in [0.15, 0.2) is 5.78 Å². The number of carbonyl (C=O) groups is 1. The number of hydrogen-bond acceptors (Lipinski definition) is 1. The summed E-state index contributed by atoms with van der Waals surface area (Å²) in [6.45, 7) is 2.14. The van der Waals surface area contributed by atoms with E-state index in [-0.39, 0.29) is 0 Å². The number of allylic oxidation sites excluding steroid dienone is 4. The highest BCUT2D eigenvalue weighted by atomic mass is 16.1. The molecule has 1 nitrogen and oxygen atoms in total. The second-order valence-electron chi connectivity index (χ2n) is 2.85. The number of Topliss-reactive ketones (excluding diaryl/α,β-unsaturated/α-hetero) is 1. The molecule has 11 heavy (non-hydrogen) atoms. The first-order chi connectivity index (χ1) is 5.34. The Morgan fingerprint density at radius 1 is 1.55 bits per heavy atom. The summed E-state index contributed by atoms with van der Waals surface area (Å²) >= 11 is 0. The summed E-state index contributed by atoms with van der Waals surface area (Å²) in [6.07, 6.45) is 9.70. The summed E-state index contributed by atoms with van der Waals surface area (Å²) < 4.78 is 0.